The van der Waals surface area contributed by atoms with Crippen LogP contribution in [0.15, 0.2) is 24.8 Å². The van der Waals surface area contributed by atoms with Gasteiger partial charge in [-0.2, -0.15) is 0 Å². The number of anilines is 1. The summed E-state index contributed by atoms with van der Waals surface area (Å²) in [5.41, 5.74) is 7.14. The van der Waals surface area contributed by atoms with E-state index in [2.05, 4.69) is 19.9 Å². The first-order chi connectivity index (χ1) is 6.77. The molecular weight excluding hydrogens is 178 g/mol. The number of aromatic nitrogens is 4. The third-order valence-electron chi connectivity index (χ3n) is 1.80. The molecule has 5 nitrogen and oxygen atoms in total. The molecule has 0 amide bonds. The van der Waals surface area contributed by atoms with Gasteiger partial charge in [0.15, 0.2) is 5.82 Å². The molecule has 0 fully saturated rings. The van der Waals surface area contributed by atoms with Gasteiger partial charge >= 0.3 is 0 Å². The Balaban J connectivity index is 2.48. The van der Waals surface area contributed by atoms with Crippen LogP contribution in [0.5, 0.6) is 0 Å². The summed E-state index contributed by atoms with van der Waals surface area (Å²) in [6.07, 6.45) is 6.46. The average molecular weight is 187 g/mol. The third-order valence-corrected chi connectivity index (χ3v) is 1.80. The fourth-order valence-electron chi connectivity index (χ4n) is 0.993. The molecule has 0 aliphatic heterocycles. The van der Waals surface area contributed by atoms with E-state index in [9.17, 15) is 0 Å². The largest absolute Gasteiger partial charge is 0.383 e. The fraction of sp³-hybridized carbons (Fsp3) is 0.111. The molecule has 2 N–H and O–H groups in total. The van der Waals surface area contributed by atoms with Crippen LogP contribution in [-0.2, 0) is 0 Å². The topological polar surface area (TPSA) is 77.6 Å². The molecule has 2 heterocycles. The van der Waals surface area contributed by atoms with Crippen LogP contribution < -0.4 is 5.73 Å². The van der Waals surface area contributed by atoms with Crippen molar-refractivity contribution in [3.8, 4) is 11.5 Å². The minimum absolute atomic E-state index is 0.473. The lowest BCUT2D eigenvalue weighted by Gasteiger charge is -2.01. The maximum absolute atomic E-state index is 5.66. The monoisotopic (exact) mass is 187 g/mol. The Labute approximate surface area is 81.1 Å². The van der Waals surface area contributed by atoms with Gasteiger partial charge in [-0.3, -0.25) is 4.98 Å². The Morgan fingerprint density at radius 2 is 2.00 bits per heavy atom. The lowest BCUT2D eigenvalue weighted by atomic mass is 10.3. The lowest BCUT2D eigenvalue weighted by Crippen LogP contribution is -1.99. The number of nitrogen functional groups attached to an aromatic ring is 1. The summed E-state index contributed by atoms with van der Waals surface area (Å²) in [5.74, 6) is 0.974. The number of rotatable bonds is 1. The average Bonchev–Trinajstić information content (AvgIpc) is 2.23. The Kier molecular flexibility index (Phi) is 2.06. The van der Waals surface area contributed by atoms with E-state index in [1.807, 2.05) is 6.92 Å². The van der Waals surface area contributed by atoms with Gasteiger partial charge in [0, 0.05) is 24.2 Å². The van der Waals surface area contributed by atoms with E-state index in [1.165, 1.54) is 0 Å². The molecular formula is C9H9N5. The van der Waals surface area contributed by atoms with E-state index >= 15 is 0 Å². The van der Waals surface area contributed by atoms with E-state index in [1.54, 1.807) is 24.8 Å². The van der Waals surface area contributed by atoms with Crippen LogP contribution in [0, 0.1) is 6.92 Å². The zero-order valence-electron chi connectivity index (χ0n) is 7.68. The molecule has 2 rings (SSSR count). The standard InChI is InChI=1S/C9H9N5/c1-6-4-13-9(14-8(6)10)7-5-11-2-3-12-7/h2-5H,1H3,(H2,10,13,14). The highest BCUT2D eigenvalue weighted by atomic mass is 15.0. The van der Waals surface area contributed by atoms with Gasteiger partial charge in [-0.1, -0.05) is 0 Å². The van der Waals surface area contributed by atoms with Crippen LogP contribution in [0.25, 0.3) is 11.5 Å². The maximum Gasteiger partial charge on any atom is 0.181 e. The van der Waals surface area contributed by atoms with Crippen molar-refractivity contribution in [2.24, 2.45) is 0 Å². The van der Waals surface area contributed by atoms with Crippen molar-refractivity contribution in [1.29, 1.82) is 0 Å². The van der Waals surface area contributed by atoms with Crippen molar-refractivity contribution in [2.75, 3.05) is 5.73 Å². The maximum atomic E-state index is 5.66. The molecule has 70 valence electrons. The van der Waals surface area contributed by atoms with E-state index in [4.69, 9.17) is 5.73 Å². The molecule has 0 unspecified atom stereocenters. The van der Waals surface area contributed by atoms with Gasteiger partial charge in [0.25, 0.3) is 0 Å². The summed E-state index contributed by atoms with van der Waals surface area (Å²) in [6, 6.07) is 0. The second-order valence-electron chi connectivity index (χ2n) is 2.85. The highest BCUT2D eigenvalue weighted by molar-refractivity contribution is 5.51. The molecule has 14 heavy (non-hydrogen) atoms. The van der Waals surface area contributed by atoms with Crippen LogP contribution in [0.1, 0.15) is 5.56 Å². The van der Waals surface area contributed by atoms with Gasteiger partial charge in [0.05, 0.1) is 6.20 Å². The number of aryl methyl sites for hydroxylation is 1. The van der Waals surface area contributed by atoms with Gasteiger partial charge in [-0.05, 0) is 6.92 Å². The van der Waals surface area contributed by atoms with E-state index < -0.39 is 0 Å². The molecule has 0 aliphatic carbocycles. The van der Waals surface area contributed by atoms with Crippen molar-refractivity contribution in [3.63, 3.8) is 0 Å². The van der Waals surface area contributed by atoms with Gasteiger partial charge < -0.3 is 5.73 Å². The number of hydrogen-bond donors (Lipinski definition) is 1. The summed E-state index contributed by atoms with van der Waals surface area (Å²) in [6.45, 7) is 1.86. The molecule has 2 aromatic heterocycles. The normalized spacial score (nSPS) is 10.1. The molecule has 0 saturated heterocycles. The fourth-order valence-corrected chi connectivity index (χ4v) is 0.993. The Morgan fingerprint density at radius 1 is 1.14 bits per heavy atom. The van der Waals surface area contributed by atoms with Crippen LogP contribution in [0.4, 0.5) is 5.82 Å². The summed E-state index contributed by atoms with van der Waals surface area (Å²) in [7, 11) is 0. The zero-order chi connectivity index (χ0) is 9.97. The van der Waals surface area contributed by atoms with Crippen molar-refractivity contribution < 1.29 is 0 Å². The Morgan fingerprint density at radius 3 is 2.64 bits per heavy atom. The van der Waals surface area contributed by atoms with Crippen LogP contribution >= 0.6 is 0 Å². The van der Waals surface area contributed by atoms with Gasteiger partial charge in [-0.15, -0.1) is 0 Å². The molecule has 0 aliphatic rings. The predicted octanol–water partition coefficient (Wildman–Crippen LogP) is 0.824. The Bertz CT molecular complexity index is 440. The number of hydrogen-bond acceptors (Lipinski definition) is 5. The molecule has 0 radical (unpaired) electrons. The second kappa shape index (κ2) is 3.37. The summed E-state index contributed by atoms with van der Waals surface area (Å²) in [5, 5.41) is 0. The highest BCUT2D eigenvalue weighted by Crippen LogP contribution is 2.12. The minimum Gasteiger partial charge on any atom is -0.383 e. The van der Waals surface area contributed by atoms with Crippen molar-refractivity contribution in [3.05, 3.63) is 30.4 Å². The van der Waals surface area contributed by atoms with Crippen LogP contribution in [0.3, 0.4) is 0 Å². The van der Waals surface area contributed by atoms with Gasteiger partial charge in [-0.25, -0.2) is 15.0 Å². The van der Waals surface area contributed by atoms with Gasteiger partial charge in [0.2, 0.25) is 0 Å². The van der Waals surface area contributed by atoms with Crippen LogP contribution in [-0.4, -0.2) is 19.9 Å². The second-order valence-corrected chi connectivity index (χ2v) is 2.85. The molecule has 0 aromatic carbocycles. The summed E-state index contributed by atoms with van der Waals surface area (Å²) in [4.78, 5) is 16.2. The van der Waals surface area contributed by atoms with Crippen LogP contribution in [0.2, 0.25) is 0 Å². The first kappa shape index (κ1) is 8.55. The summed E-state index contributed by atoms with van der Waals surface area (Å²) >= 11 is 0. The first-order valence-corrected chi connectivity index (χ1v) is 4.13. The molecule has 0 bridgehead atoms. The van der Waals surface area contributed by atoms with Gasteiger partial charge in [0.1, 0.15) is 11.5 Å². The quantitative estimate of drug-likeness (QED) is 0.715. The van der Waals surface area contributed by atoms with E-state index in [0.29, 0.717) is 17.3 Å². The molecule has 0 saturated carbocycles. The smallest absolute Gasteiger partial charge is 0.181 e. The molecule has 5 heteroatoms. The molecule has 0 atom stereocenters. The number of nitrogens with two attached hydrogens (primary N) is 1. The minimum atomic E-state index is 0.473. The van der Waals surface area contributed by atoms with Crippen molar-refractivity contribution >= 4 is 5.82 Å². The SMILES string of the molecule is Cc1cnc(-c2cnccn2)nc1N. The lowest BCUT2D eigenvalue weighted by molar-refractivity contribution is 1.10. The van der Waals surface area contributed by atoms with E-state index in [-0.39, 0.29) is 0 Å². The molecule has 0 spiro atoms. The first-order valence-electron chi connectivity index (χ1n) is 4.13. The zero-order valence-corrected chi connectivity index (χ0v) is 7.68. The Hall–Kier alpha value is -2.04. The number of nitrogens with zero attached hydrogens (tertiary/aromatic N) is 4. The van der Waals surface area contributed by atoms with Crippen molar-refractivity contribution in [1.82, 2.24) is 19.9 Å². The molecule has 2 aromatic rings. The highest BCUT2D eigenvalue weighted by Gasteiger charge is 2.03. The third kappa shape index (κ3) is 1.52. The summed E-state index contributed by atoms with van der Waals surface area (Å²) < 4.78 is 0. The van der Waals surface area contributed by atoms with Crippen molar-refractivity contribution in [2.45, 2.75) is 6.92 Å². The predicted molar refractivity (Wildman–Crippen MR) is 52.2 cm³/mol. The van der Waals surface area contributed by atoms with E-state index in [0.717, 1.165) is 5.56 Å².